The lowest BCUT2D eigenvalue weighted by Gasteiger charge is -2.26. The topological polar surface area (TPSA) is 84.5 Å². The number of carbonyl (C=O) groups is 3. The first kappa shape index (κ1) is 22.9. The summed E-state index contributed by atoms with van der Waals surface area (Å²) in [5.74, 6) is 0.226. The molecule has 1 saturated heterocycles. The minimum absolute atomic E-state index is 0.142. The number of rotatable bonds is 9. The van der Waals surface area contributed by atoms with E-state index in [9.17, 15) is 14.4 Å². The Kier molecular flexibility index (Phi) is 8.53. The van der Waals surface area contributed by atoms with Crippen molar-refractivity contribution < 1.29 is 19.1 Å². The van der Waals surface area contributed by atoms with Crippen LogP contribution in [0.1, 0.15) is 46.4 Å². The quantitative estimate of drug-likeness (QED) is 0.461. The molecule has 6 nitrogen and oxygen atoms in total. The van der Waals surface area contributed by atoms with Crippen molar-refractivity contribution in [3.8, 4) is 0 Å². The largest absolute Gasteiger partial charge is 0.469 e. The van der Waals surface area contributed by atoms with E-state index in [4.69, 9.17) is 4.74 Å². The summed E-state index contributed by atoms with van der Waals surface area (Å²) in [6.45, 7) is 0. The molecule has 0 aliphatic carbocycles. The Hall–Kier alpha value is -2.80. The van der Waals surface area contributed by atoms with Crippen LogP contribution >= 0.6 is 11.8 Å². The molecule has 7 heteroatoms. The fourth-order valence-electron chi connectivity index (χ4n) is 3.66. The predicted octanol–water partition coefficient (Wildman–Crippen LogP) is 3.43. The predicted molar refractivity (Wildman–Crippen MR) is 122 cm³/mol. The first-order valence-corrected chi connectivity index (χ1v) is 11.5. The minimum Gasteiger partial charge on any atom is -0.469 e. The fraction of sp³-hybridized carbons (Fsp3) is 0.375. The zero-order valence-electron chi connectivity index (χ0n) is 17.6. The van der Waals surface area contributed by atoms with Crippen LogP contribution < -0.4 is 10.6 Å². The normalized spacial score (nSPS) is 20.1. The van der Waals surface area contributed by atoms with Crippen LogP contribution in [0, 0.1) is 0 Å². The maximum atomic E-state index is 12.8. The molecule has 2 aromatic carbocycles. The number of nitrogens with one attached hydrogen (secondary N) is 2. The smallest absolute Gasteiger partial charge is 0.305 e. The van der Waals surface area contributed by atoms with Gasteiger partial charge in [-0.15, -0.1) is 0 Å². The molecule has 2 N–H and O–H groups in total. The van der Waals surface area contributed by atoms with E-state index in [-0.39, 0.29) is 35.1 Å². The van der Waals surface area contributed by atoms with Gasteiger partial charge in [0.05, 0.1) is 19.2 Å². The highest BCUT2D eigenvalue weighted by Gasteiger charge is 2.38. The van der Waals surface area contributed by atoms with Gasteiger partial charge in [0.2, 0.25) is 0 Å². The van der Waals surface area contributed by atoms with Gasteiger partial charge in [0.25, 0.3) is 11.8 Å². The van der Waals surface area contributed by atoms with E-state index in [1.54, 1.807) is 36.0 Å². The van der Waals surface area contributed by atoms with E-state index in [1.165, 1.54) is 7.11 Å². The van der Waals surface area contributed by atoms with Crippen LogP contribution in [0.15, 0.2) is 60.7 Å². The van der Waals surface area contributed by atoms with E-state index < -0.39 is 0 Å². The van der Waals surface area contributed by atoms with Gasteiger partial charge in [0, 0.05) is 28.6 Å². The van der Waals surface area contributed by atoms with E-state index in [0.717, 1.165) is 25.0 Å². The van der Waals surface area contributed by atoms with Crippen LogP contribution in [0.4, 0.5) is 0 Å². The summed E-state index contributed by atoms with van der Waals surface area (Å²) in [6, 6.07) is 17.8. The van der Waals surface area contributed by atoms with Crippen LogP contribution in [-0.2, 0) is 9.53 Å². The van der Waals surface area contributed by atoms with Gasteiger partial charge in [0.15, 0.2) is 0 Å². The summed E-state index contributed by atoms with van der Waals surface area (Å²) in [5, 5.41) is 6.41. The van der Waals surface area contributed by atoms with Gasteiger partial charge >= 0.3 is 5.97 Å². The minimum atomic E-state index is -0.207. The van der Waals surface area contributed by atoms with Crippen LogP contribution in [0.5, 0.6) is 0 Å². The van der Waals surface area contributed by atoms with Gasteiger partial charge in [-0.25, -0.2) is 0 Å². The highest BCUT2D eigenvalue weighted by atomic mass is 32.2. The average Bonchev–Trinajstić information content (AvgIpc) is 3.18. The lowest BCUT2D eigenvalue weighted by molar-refractivity contribution is -0.140. The number of carbonyl (C=O) groups excluding carboxylic acids is 3. The summed E-state index contributed by atoms with van der Waals surface area (Å²) >= 11 is 1.75. The molecule has 0 radical (unpaired) electrons. The number of esters is 1. The molecule has 3 rings (SSSR count). The zero-order chi connectivity index (χ0) is 22.1. The lowest BCUT2D eigenvalue weighted by atomic mass is 10.00. The first-order chi connectivity index (χ1) is 15.1. The van der Waals surface area contributed by atoms with E-state index >= 15 is 0 Å². The standard InChI is InChI=1S/C24H28N2O4S/c1-30-21(27)15-9-8-14-20-22(26-24(29)18-12-6-3-7-13-18)19(16-31-20)25-23(28)17-10-4-2-5-11-17/h2-7,10-13,19-20,22H,8-9,14-16H2,1H3,(H,25,28)(H,26,29)/t19-,20-,22+/m0/s1. The summed E-state index contributed by atoms with van der Waals surface area (Å²) in [5.41, 5.74) is 1.19. The van der Waals surface area contributed by atoms with Crippen LogP contribution in [-0.4, -0.2) is 48.0 Å². The maximum Gasteiger partial charge on any atom is 0.305 e. The average molecular weight is 441 g/mol. The van der Waals surface area contributed by atoms with Crippen molar-refractivity contribution in [2.24, 2.45) is 0 Å². The van der Waals surface area contributed by atoms with Gasteiger partial charge in [-0.2, -0.15) is 11.8 Å². The zero-order valence-corrected chi connectivity index (χ0v) is 18.4. The monoisotopic (exact) mass is 440 g/mol. The second-order valence-electron chi connectivity index (χ2n) is 7.50. The Morgan fingerprint density at radius 3 is 2.06 bits per heavy atom. The number of hydrogen-bond acceptors (Lipinski definition) is 5. The molecule has 1 aliphatic rings. The number of hydrogen-bond donors (Lipinski definition) is 2. The molecule has 3 atom stereocenters. The summed E-state index contributed by atoms with van der Waals surface area (Å²) in [4.78, 5) is 36.9. The van der Waals surface area contributed by atoms with Crippen molar-refractivity contribution in [2.75, 3.05) is 12.9 Å². The third-order valence-corrected chi connectivity index (χ3v) is 6.87. The SMILES string of the molecule is COC(=O)CCCC[C@@H]1SC[C@H](NC(=O)c2ccccc2)[C@H]1NC(=O)c1ccccc1. The molecule has 2 aromatic rings. The van der Waals surface area contributed by atoms with Gasteiger partial charge in [-0.05, 0) is 37.1 Å². The molecular formula is C24H28N2O4S. The highest BCUT2D eigenvalue weighted by molar-refractivity contribution is 8.00. The second kappa shape index (κ2) is 11.6. The van der Waals surface area contributed by atoms with Crippen molar-refractivity contribution in [2.45, 2.75) is 43.0 Å². The Morgan fingerprint density at radius 2 is 1.48 bits per heavy atom. The van der Waals surface area contributed by atoms with Crippen molar-refractivity contribution in [1.29, 1.82) is 0 Å². The molecule has 0 saturated carbocycles. The Labute approximate surface area is 187 Å². The van der Waals surface area contributed by atoms with E-state index in [1.807, 2.05) is 36.4 Å². The number of thioether (sulfide) groups is 1. The second-order valence-corrected chi connectivity index (χ2v) is 8.78. The number of unbranched alkanes of at least 4 members (excludes halogenated alkanes) is 1. The van der Waals surface area contributed by atoms with Crippen LogP contribution in [0.2, 0.25) is 0 Å². The van der Waals surface area contributed by atoms with Gasteiger partial charge in [0.1, 0.15) is 0 Å². The molecular weight excluding hydrogens is 412 g/mol. The maximum absolute atomic E-state index is 12.8. The first-order valence-electron chi connectivity index (χ1n) is 10.5. The van der Waals surface area contributed by atoms with Crippen molar-refractivity contribution >= 4 is 29.5 Å². The highest BCUT2D eigenvalue weighted by Crippen LogP contribution is 2.32. The van der Waals surface area contributed by atoms with Gasteiger partial charge in [-0.3, -0.25) is 14.4 Å². The van der Waals surface area contributed by atoms with Gasteiger partial charge in [-0.1, -0.05) is 42.8 Å². The van der Waals surface area contributed by atoms with Crippen LogP contribution in [0.25, 0.3) is 0 Å². The third-order valence-electron chi connectivity index (χ3n) is 5.36. The molecule has 0 spiro atoms. The van der Waals surface area contributed by atoms with Crippen molar-refractivity contribution in [1.82, 2.24) is 10.6 Å². The molecule has 2 amide bonds. The van der Waals surface area contributed by atoms with Gasteiger partial charge < -0.3 is 15.4 Å². The Morgan fingerprint density at radius 1 is 0.903 bits per heavy atom. The molecule has 31 heavy (non-hydrogen) atoms. The van der Waals surface area contributed by atoms with Crippen molar-refractivity contribution in [3.63, 3.8) is 0 Å². The fourth-order valence-corrected chi connectivity index (χ4v) is 5.21. The molecule has 1 heterocycles. The molecule has 0 unspecified atom stereocenters. The number of amides is 2. The number of methoxy groups -OCH3 is 1. The Balaban J connectivity index is 1.66. The van der Waals surface area contributed by atoms with E-state index in [0.29, 0.717) is 17.5 Å². The lowest BCUT2D eigenvalue weighted by Crippen LogP contribution is -2.53. The Bertz CT molecular complexity index is 876. The molecule has 164 valence electrons. The number of ether oxygens (including phenoxy) is 1. The number of benzene rings is 2. The molecule has 1 aliphatic heterocycles. The van der Waals surface area contributed by atoms with Crippen molar-refractivity contribution in [3.05, 3.63) is 71.8 Å². The molecule has 1 fully saturated rings. The summed E-state index contributed by atoms with van der Waals surface area (Å²) < 4.78 is 4.70. The summed E-state index contributed by atoms with van der Waals surface area (Å²) in [7, 11) is 1.39. The van der Waals surface area contributed by atoms with E-state index in [2.05, 4.69) is 10.6 Å². The molecule has 0 bridgehead atoms. The summed E-state index contributed by atoms with van der Waals surface area (Å²) in [6.07, 6.45) is 2.83. The van der Waals surface area contributed by atoms with Crippen LogP contribution in [0.3, 0.4) is 0 Å². The third kappa shape index (κ3) is 6.59. The molecule has 0 aromatic heterocycles.